The molecule has 0 unspecified atom stereocenters. The molecule has 6 heteroatoms. The SMILES string of the molecule is CCOCCCn1nnc(C(N)=S)c1C1CCC1. The van der Waals surface area contributed by atoms with Gasteiger partial charge in [0.25, 0.3) is 0 Å². The maximum atomic E-state index is 5.71. The van der Waals surface area contributed by atoms with Crippen LogP contribution in [0.1, 0.15) is 49.9 Å². The van der Waals surface area contributed by atoms with E-state index in [1.165, 1.54) is 19.3 Å². The lowest BCUT2D eigenvalue weighted by Crippen LogP contribution is -2.21. The summed E-state index contributed by atoms with van der Waals surface area (Å²) in [7, 11) is 0. The minimum atomic E-state index is 0.355. The van der Waals surface area contributed by atoms with Crippen LogP contribution in [-0.4, -0.2) is 33.2 Å². The molecule has 1 aromatic heterocycles. The lowest BCUT2D eigenvalue weighted by Gasteiger charge is -2.26. The molecule has 5 nitrogen and oxygen atoms in total. The average Bonchev–Trinajstić information content (AvgIpc) is 2.66. The Morgan fingerprint density at radius 1 is 1.56 bits per heavy atom. The molecule has 1 heterocycles. The van der Waals surface area contributed by atoms with Crippen LogP contribution in [0.15, 0.2) is 0 Å². The van der Waals surface area contributed by atoms with Crippen LogP contribution in [0, 0.1) is 0 Å². The maximum absolute atomic E-state index is 5.71. The van der Waals surface area contributed by atoms with E-state index in [2.05, 4.69) is 10.3 Å². The molecule has 2 rings (SSSR count). The monoisotopic (exact) mass is 268 g/mol. The third-order valence-electron chi connectivity index (χ3n) is 3.36. The summed E-state index contributed by atoms with van der Waals surface area (Å²) >= 11 is 5.05. The van der Waals surface area contributed by atoms with Gasteiger partial charge in [0.05, 0.1) is 5.69 Å². The van der Waals surface area contributed by atoms with Gasteiger partial charge in [-0.05, 0) is 26.2 Å². The van der Waals surface area contributed by atoms with E-state index in [0.717, 1.165) is 31.9 Å². The summed E-state index contributed by atoms with van der Waals surface area (Å²) in [6.07, 6.45) is 4.59. The summed E-state index contributed by atoms with van der Waals surface area (Å²) in [6.45, 7) is 4.33. The van der Waals surface area contributed by atoms with E-state index in [-0.39, 0.29) is 0 Å². The van der Waals surface area contributed by atoms with E-state index in [4.69, 9.17) is 22.7 Å². The number of hydrogen-bond acceptors (Lipinski definition) is 4. The summed E-state index contributed by atoms with van der Waals surface area (Å²) in [4.78, 5) is 0.355. The van der Waals surface area contributed by atoms with Gasteiger partial charge in [0.1, 0.15) is 10.7 Å². The zero-order chi connectivity index (χ0) is 13.0. The van der Waals surface area contributed by atoms with Crippen molar-refractivity contribution >= 4 is 17.2 Å². The molecule has 1 aliphatic rings. The molecule has 2 N–H and O–H groups in total. The van der Waals surface area contributed by atoms with Gasteiger partial charge in [0, 0.05) is 25.7 Å². The number of hydrogen-bond donors (Lipinski definition) is 1. The topological polar surface area (TPSA) is 66.0 Å². The molecule has 1 aromatic rings. The first-order valence-electron chi connectivity index (χ1n) is 6.55. The Bertz CT molecular complexity index is 414. The summed E-state index contributed by atoms with van der Waals surface area (Å²) in [5.41, 5.74) is 7.56. The van der Waals surface area contributed by atoms with E-state index < -0.39 is 0 Å². The van der Waals surface area contributed by atoms with Crippen molar-refractivity contribution in [3.05, 3.63) is 11.4 Å². The van der Waals surface area contributed by atoms with Gasteiger partial charge >= 0.3 is 0 Å². The fourth-order valence-corrected chi connectivity index (χ4v) is 2.35. The second-order valence-electron chi connectivity index (χ2n) is 4.59. The zero-order valence-corrected chi connectivity index (χ0v) is 11.6. The third kappa shape index (κ3) is 2.87. The first-order valence-corrected chi connectivity index (χ1v) is 6.95. The molecule has 1 fully saturated rings. The van der Waals surface area contributed by atoms with Crippen LogP contribution in [-0.2, 0) is 11.3 Å². The minimum absolute atomic E-state index is 0.355. The quantitative estimate of drug-likeness (QED) is 0.601. The molecule has 0 aromatic carbocycles. The molecular weight excluding hydrogens is 248 g/mol. The van der Waals surface area contributed by atoms with Gasteiger partial charge in [-0.2, -0.15) is 0 Å². The second-order valence-corrected chi connectivity index (χ2v) is 5.03. The summed E-state index contributed by atoms with van der Waals surface area (Å²) in [5, 5.41) is 8.30. The van der Waals surface area contributed by atoms with Crippen molar-refractivity contribution in [2.75, 3.05) is 13.2 Å². The van der Waals surface area contributed by atoms with E-state index in [0.29, 0.717) is 16.6 Å². The predicted molar refractivity (Wildman–Crippen MR) is 73.6 cm³/mol. The van der Waals surface area contributed by atoms with Crippen LogP contribution in [0.3, 0.4) is 0 Å². The molecule has 0 spiro atoms. The Balaban J connectivity index is 2.06. The maximum Gasteiger partial charge on any atom is 0.143 e. The Morgan fingerprint density at radius 3 is 2.89 bits per heavy atom. The normalized spacial score (nSPS) is 15.6. The molecule has 18 heavy (non-hydrogen) atoms. The van der Waals surface area contributed by atoms with Crippen LogP contribution >= 0.6 is 12.2 Å². The molecule has 0 atom stereocenters. The molecular formula is C12H20N4OS. The number of rotatable bonds is 7. The van der Waals surface area contributed by atoms with Crippen molar-refractivity contribution < 1.29 is 4.74 Å². The first kappa shape index (κ1) is 13.4. The fourth-order valence-electron chi connectivity index (χ4n) is 2.21. The van der Waals surface area contributed by atoms with E-state index in [9.17, 15) is 0 Å². The van der Waals surface area contributed by atoms with E-state index in [1.54, 1.807) is 0 Å². The minimum Gasteiger partial charge on any atom is -0.388 e. The number of ether oxygens (including phenoxy) is 1. The van der Waals surface area contributed by atoms with Gasteiger partial charge in [-0.3, -0.25) is 0 Å². The molecule has 100 valence electrons. The van der Waals surface area contributed by atoms with Crippen molar-refractivity contribution in [1.29, 1.82) is 0 Å². The van der Waals surface area contributed by atoms with Gasteiger partial charge in [-0.15, -0.1) is 5.10 Å². The van der Waals surface area contributed by atoms with Crippen molar-refractivity contribution in [2.24, 2.45) is 5.73 Å². The molecule has 0 saturated heterocycles. The van der Waals surface area contributed by atoms with Crippen LogP contribution in [0.25, 0.3) is 0 Å². The summed E-state index contributed by atoms with van der Waals surface area (Å²) in [6, 6.07) is 0. The Labute approximate surface area is 113 Å². The molecule has 0 bridgehead atoms. The Kier molecular flexibility index (Phi) is 4.66. The summed E-state index contributed by atoms with van der Waals surface area (Å²) < 4.78 is 7.29. The largest absolute Gasteiger partial charge is 0.388 e. The van der Waals surface area contributed by atoms with Crippen LogP contribution in [0.5, 0.6) is 0 Å². The van der Waals surface area contributed by atoms with Gasteiger partial charge in [0.2, 0.25) is 0 Å². The lowest BCUT2D eigenvalue weighted by atomic mass is 9.82. The number of nitrogens with two attached hydrogens (primary N) is 1. The van der Waals surface area contributed by atoms with Crippen LogP contribution in [0.2, 0.25) is 0 Å². The van der Waals surface area contributed by atoms with Crippen LogP contribution in [0.4, 0.5) is 0 Å². The number of aromatic nitrogens is 3. The Hall–Kier alpha value is -1.01. The van der Waals surface area contributed by atoms with E-state index >= 15 is 0 Å². The average molecular weight is 268 g/mol. The zero-order valence-electron chi connectivity index (χ0n) is 10.8. The summed E-state index contributed by atoms with van der Waals surface area (Å²) in [5.74, 6) is 0.531. The highest BCUT2D eigenvalue weighted by Gasteiger charge is 2.28. The second kappa shape index (κ2) is 6.24. The molecule has 0 radical (unpaired) electrons. The lowest BCUT2D eigenvalue weighted by molar-refractivity contribution is 0.140. The predicted octanol–water partition coefficient (Wildman–Crippen LogP) is 1.61. The van der Waals surface area contributed by atoms with Crippen molar-refractivity contribution in [2.45, 2.75) is 45.1 Å². The first-order chi connectivity index (χ1) is 8.74. The molecule has 1 aliphatic carbocycles. The standard InChI is InChI=1S/C12H20N4OS/c1-2-17-8-4-7-16-11(9-5-3-6-9)10(12(13)18)14-15-16/h9H,2-8H2,1H3,(H2,13,18). The van der Waals surface area contributed by atoms with E-state index in [1.807, 2.05) is 11.6 Å². The van der Waals surface area contributed by atoms with Crippen LogP contribution < -0.4 is 5.73 Å². The van der Waals surface area contributed by atoms with Crippen molar-refractivity contribution in [3.8, 4) is 0 Å². The number of nitrogens with zero attached hydrogens (tertiary/aromatic N) is 3. The highest BCUT2D eigenvalue weighted by Crippen LogP contribution is 2.37. The van der Waals surface area contributed by atoms with Gasteiger partial charge in [-0.25, -0.2) is 4.68 Å². The highest BCUT2D eigenvalue weighted by molar-refractivity contribution is 7.80. The van der Waals surface area contributed by atoms with Gasteiger partial charge < -0.3 is 10.5 Å². The van der Waals surface area contributed by atoms with Gasteiger partial charge in [-0.1, -0.05) is 23.9 Å². The molecule has 0 amide bonds. The number of thiocarbonyl (C=S) groups is 1. The smallest absolute Gasteiger partial charge is 0.143 e. The third-order valence-corrected chi connectivity index (χ3v) is 3.55. The Morgan fingerprint density at radius 2 is 2.33 bits per heavy atom. The fraction of sp³-hybridized carbons (Fsp3) is 0.750. The number of aryl methyl sites for hydroxylation is 1. The van der Waals surface area contributed by atoms with Gasteiger partial charge in [0.15, 0.2) is 0 Å². The van der Waals surface area contributed by atoms with Crippen molar-refractivity contribution in [1.82, 2.24) is 15.0 Å². The molecule has 0 aliphatic heterocycles. The van der Waals surface area contributed by atoms with Crippen molar-refractivity contribution in [3.63, 3.8) is 0 Å². The highest BCUT2D eigenvalue weighted by atomic mass is 32.1. The molecule has 1 saturated carbocycles.